The number of hydrogen-bond donors (Lipinski definition) is 3. The summed E-state index contributed by atoms with van der Waals surface area (Å²) in [6.07, 6.45) is -1.52. The van der Waals surface area contributed by atoms with Crippen LogP contribution in [-0.4, -0.2) is 42.2 Å². The van der Waals surface area contributed by atoms with E-state index in [1.54, 1.807) is 0 Å². The van der Waals surface area contributed by atoms with Crippen molar-refractivity contribution in [1.82, 2.24) is 4.72 Å². The summed E-state index contributed by atoms with van der Waals surface area (Å²) in [5.41, 5.74) is -0.473. The van der Waals surface area contributed by atoms with Gasteiger partial charge in [-0.1, -0.05) is 15.9 Å². The minimum atomic E-state index is -4.31. The van der Waals surface area contributed by atoms with Gasteiger partial charge in [-0.25, -0.2) is 13.1 Å². The third-order valence-corrected chi connectivity index (χ3v) is 5.98. The molecule has 2 rings (SSSR count). The first-order valence-electron chi connectivity index (χ1n) is 7.63. The van der Waals surface area contributed by atoms with E-state index in [1.165, 1.54) is 18.2 Å². The number of nitrogens with zero attached hydrogens (tertiary/aromatic N) is 1. The quantitative estimate of drug-likeness (QED) is 0.357. The fraction of sp³-hybridized carbons (Fsp3) is 0.188. The third kappa shape index (κ3) is 4.91. The lowest BCUT2D eigenvalue weighted by atomic mass is 10.0. The second-order valence-electron chi connectivity index (χ2n) is 5.63. The van der Waals surface area contributed by atoms with E-state index < -0.39 is 44.6 Å². The summed E-state index contributed by atoms with van der Waals surface area (Å²) in [6.45, 7) is -0.790. The Labute approximate surface area is 167 Å². The largest absolute Gasteiger partial charge is 0.545 e. The molecule has 0 fully saturated rings. The highest BCUT2D eigenvalue weighted by atomic mass is 79.9. The zero-order valence-electron chi connectivity index (χ0n) is 14.0. The predicted molar refractivity (Wildman–Crippen MR) is 97.7 cm³/mol. The lowest BCUT2D eigenvalue weighted by Gasteiger charge is -2.22. The Morgan fingerprint density at radius 2 is 1.82 bits per heavy atom. The number of carboxylic acids is 1. The van der Waals surface area contributed by atoms with E-state index in [9.17, 15) is 38.6 Å². The molecule has 0 heterocycles. The molecule has 0 saturated heterocycles. The van der Waals surface area contributed by atoms with Gasteiger partial charge >= 0.3 is 0 Å². The van der Waals surface area contributed by atoms with Crippen LogP contribution >= 0.6 is 15.9 Å². The maximum absolute atomic E-state index is 12.5. The SMILES string of the molecule is O=C([O-])c1cc(S(=O)(=O)N[C@H](CO)[C@@H](O)c2ccc([N+](=O)[O-])cc2)ccc1Br. The van der Waals surface area contributed by atoms with Crippen LogP contribution in [0.3, 0.4) is 0 Å². The van der Waals surface area contributed by atoms with Crippen LogP contribution in [0.5, 0.6) is 0 Å². The molecule has 0 spiro atoms. The van der Waals surface area contributed by atoms with Gasteiger partial charge < -0.3 is 20.1 Å². The van der Waals surface area contributed by atoms with Gasteiger partial charge in [0.15, 0.2) is 0 Å². The molecule has 0 aromatic heterocycles. The number of nitrogens with one attached hydrogen (secondary N) is 1. The number of rotatable bonds is 8. The number of aliphatic hydroxyl groups excluding tert-OH is 2. The smallest absolute Gasteiger partial charge is 0.269 e. The average Bonchev–Trinajstić information content (AvgIpc) is 2.65. The number of halogens is 1. The summed E-state index contributed by atoms with van der Waals surface area (Å²) in [5.74, 6) is -1.59. The highest BCUT2D eigenvalue weighted by Crippen LogP contribution is 2.24. The highest BCUT2D eigenvalue weighted by molar-refractivity contribution is 9.10. The molecule has 28 heavy (non-hydrogen) atoms. The van der Waals surface area contributed by atoms with Gasteiger partial charge in [0.05, 0.1) is 34.5 Å². The number of aromatic carboxylic acids is 1. The second kappa shape index (κ2) is 8.75. The van der Waals surface area contributed by atoms with Crippen molar-refractivity contribution in [2.75, 3.05) is 6.61 Å². The summed E-state index contributed by atoms with van der Waals surface area (Å²) in [7, 11) is -4.31. The lowest BCUT2D eigenvalue weighted by Crippen LogP contribution is -2.42. The number of nitro benzene ring substituents is 1. The molecule has 0 aliphatic carbocycles. The van der Waals surface area contributed by atoms with Crippen LogP contribution in [0, 0.1) is 10.1 Å². The third-order valence-electron chi connectivity index (χ3n) is 3.80. The van der Waals surface area contributed by atoms with Crippen LogP contribution in [0.1, 0.15) is 22.0 Å². The number of non-ortho nitro benzene ring substituents is 1. The van der Waals surface area contributed by atoms with Gasteiger partial charge in [0.1, 0.15) is 0 Å². The molecule has 2 atom stereocenters. The fourth-order valence-electron chi connectivity index (χ4n) is 2.32. The normalized spacial score (nSPS) is 13.7. The van der Waals surface area contributed by atoms with E-state index in [0.29, 0.717) is 0 Å². The van der Waals surface area contributed by atoms with Crippen molar-refractivity contribution in [1.29, 1.82) is 0 Å². The van der Waals surface area contributed by atoms with Crippen molar-refractivity contribution >= 4 is 37.6 Å². The molecule has 10 nitrogen and oxygen atoms in total. The summed E-state index contributed by atoms with van der Waals surface area (Å²) in [5, 5.41) is 41.6. The van der Waals surface area contributed by atoms with Gasteiger partial charge in [-0.2, -0.15) is 0 Å². The zero-order valence-corrected chi connectivity index (χ0v) is 16.4. The summed E-state index contributed by atoms with van der Waals surface area (Å²) < 4.78 is 27.2. The van der Waals surface area contributed by atoms with Gasteiger partial charge in [-0.15, -0.1) is 0 Å². The molecule has 0 amide bonds. The number of carboxylic acid groups (broad SMARTS) is 1. The first-order valence-corrected chi connectivity index (χ1v) is 9.91. The molecule has 3 N–H and O–H groups in total. The highest BCUT2D eigenvalue weighted by Gasteiger charge is 2.27. The molecule has 2 aromatic carbocycles. The van der Waals surface area contributed by atoms with Crippen LogP contribution in [0.2, 0.25) is 0 Å². The van der Waals surface area contributed by atoms with Crippen molar-refractivity contribution in [2.45, 2.75) is 17.0 Å². The number of carbonyl (C=O) groups excluding carboxylic acids is 1. The van der Waals surface area contributed by atoms with Crippen LogP contribution in [-0.2, 0) is 10.0 Å². The minimum Gasteiger partial charge on any atom is -0.545 e. The summed E-state index contributed by atoms with van der Waals surface area (Å²) in [4.78, 5) is 20.7. The van der Waals surface area contributed by atoms with Crippen molar-refractivity contribution in [3.05, 3.63) is 68.2 Å². The Morgan fingerprint density at radius 1 is 1.21 bits per heavy atom. The Bertz CT molecular complexity index is 994. The number of aliphatic hydroxyl groups is 2. The van der Waals surface area contributed by atoms with Crippen LogP contribution in [0.25, 0.3) is 0 Å². The fourth-order valence-corrected chi connectivity index (χ4v) is 3.99. The van der Waals surface area contributed by atoms with Crippen molar-refractivity contribution < 1.29 is 33.5 Å². The minimum absolute atomic E-state index is 0.121. The topological polar surface area (TPSA) is 170 Å². The van der Waals surface area contributed by atoms with Gasteiger partial charge in [-0.3, -0.25) is 10.1 Å². The zero-order chi connectivity index (χ0) is 21.1. The van der Waals surface area contributed by atoms with Crippen LogP contribution in [0.15, 0.2) is 51.8 Å². The first-order chi connectivity index (χ1) is 13.1. The van der Waals surface area contributed by atoms with E-state index >= 15 is 0 Å². The number of benzene rings is 2. The van der Waals surface area contributed by atoms with E-state index in [2.05, 4.69) is 20.7 Å². The second-order valence-corrected chi connectivity index (χ2v) is 8.20. The maximum Gasteiger partial charge on any atom is 0.269 e. The van der Waals surface area contributed by atoms with Crippen LogP contribution in [0.4, 0.5) is 5.69 Å². The maximum atomic E-state index is 12.5. The van der Waals surface area contributed by atoms with E-state index in [0.717, 1.165) is 24.3 Å². The van der Waals surface area contributed by atoms with Gasteiger partial charge in [0.2, 0.25) is 10.0 Å². The molecule has 150 valence electrons. The predicted octanol–water partition coefficient (Wildman–Crippen LogP) is 0.0936. The molecular formula is C16H14BrN2O8S-. The molecule has 0 aliphatic heterocycles. The van der Waals surface area contributed by atoms with Crippen molar-refractivity contribution in [2.24, 2.45) is 0 Å². The summed E-state index contributed by atoms with van der Waals surface area (Å²) in [6, 6.07) is 6.54. The Morgan fingerprint density at radius 3 is 2.32 bits per heavy atom. The number of hydrogen-bond acceptors (Lipinski definition) is 8. The molecule has 0 saturated carbocycles. The summed E-state index contributed by atoms with van der Waals surface area (Å²) >= 11 is 2.97. The molecule has 0 bridgehead atoms. The van der Waals surface area contributed by atoms with E-state index in [4.69, 9.17) is 0 Å². The molecule has 2 aromatic rings. The number of carbonyl (C=O) groups is 1. The van der Waals surface area contributed by atoms with Crippen molar-refractivity contribution in [3.63, 3.8) is 0 Å². The lowest BCUT2D eigenvalue weighted by molar-refractivity contribution is -0.384. The number of nitro groups is 1. The molecular weight excluding hydrogens is 460 g/mol. The molecule has 12 heteroatoms. The first kappa shape index (κ1) is 21.9. The van der Waals surface area contributed by atoms with Gasteiger partial charge in [0, 0.05) is 22.2 Å². The Hall–Kier alpha value is -2.38. The average molecular weight is 474 g/mol. The molecule has 0 radical (unpaired) electrons. The van der Waals surface area contributed by atoms with Gasteiger partial charge in [-0.05, 0) is 35.9 Å². The standard InChI is InChI=1S/C16H15BrN2O8S/c17-13-6-5-11(7-12(13)16(22)23)28(26,27)18-14(8-20)15(21)9-1-3-10(4-2-9)19(24)25/h1-7,14-15,18,20-21H,8H2,(H,22,23)/p-1/t14-,15+/m1/s1. The van der Waals surface area contributed by atoms with Crippen molar-refractivity contribution in [3.8, 4) is 0 Å². The van der Waals surface area contributed by atoms with E-state index in [-0.39, 0.29) is 21.3 Å². The van der Waals surface area contributed by atoms with E-state index in [1.807, 2.05) is 0 Å². The molecule has 0 aliphatic rings. The van der Waals surface area contributed by atoms with Gasteiger partial charge in [0.25, 0.3) is 5.69 Å². The Kier molecular flexibility index (Phi) is 6.85. The number of sulfonamides is 1. The Balaban J connectivity index is 2.28. The molecule has 0 unspecified atom stereocenters. The monoisotopic (exact) mass is 473 g/mol. The van der Waals surface area contributed by atoms with Crippen LogP contribution < -0.4 is 9.83 Å².